The molecule has 2 heteroatoms. The van der Waals surface area contributed by atoms with E-state index in [0.29, 0.717) is 12.0 Å². The molecular weight excluding hydrogens is 234 g/mol. The Morgan fingerprint density at radius 2 is 2.26 bits per heavy atom. The van der Waals surface area contributed by atoms with Gasteiger partial charge in [-0.15, -0.1) is 0 Å². The van der Waals surface area contributed by atoms with Crippen molar-refractivity contribution in [2.75, 3.05) is 13.2 Å². The molecule has 2 nitrogen and oxygen atoms in total. The van der Waals surface area contributed by atoms with Gasteiger partial charge < -0.3 is 10.1 Å². The second-order valence-corrected chi connectivity index (χ2v) is 5.95. The van der Waals surface area contributed by atoms with E-state index in [1.54, 1.807) is 0 Å². The lowest BCUT2D eigenvalue weighted by atomic mass is 9.92. The van der Waals surface area contributed by atoms with Crippen LogP contribution in [0, 0.1) is 0 Å². The zero-order valence-electron chi connectivity index (χ0n) is 12.0. The molecule has 0 radical (unpaired) electrons. The Balaban J connectivity index is 1.73. The molecule has 2 aliphatic rings. The van der Waals surface area contributed by atoms with Crippen LogP contribution in [-0.4, -0.2) is 19.2 Å². The Kier molecular flexibility index (Phi) is 4.07. The summed E-state index contributed by atoms with van der Waals surface area (Å²) in [5, 5.41) is 3.67. The van der Waals surface area contributed by atoms with Crippen molar-refractivity contribution in [3.8, 4) is 5.75 Å². The highest BCUT2D eigenvalue weighted by atomic mass is 16.5. The molecule has 1 saturated carbocycles. The molecule has 2 unspecified atom stereocenters. The fraction of sp³-hybridized carbons (Fsp3) is 0.647. The van der Waals surface area contributed by atoms with Crippen molar-refractivity contribution in [3.63, 3.8) is 0 Å². The molecule has 1 fully saturated rings. The number of rotatable bonds is 4. The van der Waals surface area contributed by atoms with Crippen molar-refractivity contribution in [1.82, 2.24) is 5.32 Å². The summed E-state index contributed by atoms with van der Waals surface area (Å²) in [6.45, 7) is 4.29. The van der Waals surface area contributed by atoms with E-state index in [1.165, 1.54) is 55.4 Å². The average Bonchev–Trinajstić information content (AvgIpc) is 2.93. The van der Waals surface area contributed by atoms with Crippen LogP contribution in [0.1, 0.15) is 56.1 Å². The van der Waals surface area contributed by atoms with Crippen molar-refractivity contribution >= 4 is 0 Å². The molecule has 1 aromatic rings. The highest BCUT2D eigenvalue weighted by molar-refractivity contribution is 5.45. The second-order valence-electron chi connectivity index (χ2n) is 5.95. The van der Waals surface area contributed by atoms with Gasteiger partial charge in [-0.25, -0.2) is 0 Å². The first kappa shape index (κ1) is 13.0. The topological polar surface area (TPSA) is 21.3 Å². The van der Waals surface area contributed by atoms with E-state index in [0.717, 1.165) is 13.2 Å². The molecule has 0 aromatic heterocycles. The van der Waals surface area contributed by atoms with Crippen molar-refractivity contribution in [1.29, 1.82) is 0 Å². The summed E-state index contributed by atoms with van der Waals surface area (Å²) in [6, 6.07) is 7.45. The summed E-state index contributed by atoms with van der Waals surface area (Å²) in [5.74, 6) is 1.91. The molecule has 2 atom stereocenters. The van der Waals surface area contributed by atoms with Gasteiger partial charge in [0.15, 0.2) is 0 Å². The summed E-state index contributed by atoms with van der Waals surface area (Å²) in [4.78, 5) is 0. The van der Waals surface area contributed by atoms with Crippen molar-refractivity contribution in [2.24, 2.45) is 0 Å². The molecule has 3 rings (SSSR count). The van der Waals surface area contributed by atoms with Gasteiger partial charge in [-0.2, -0.15) is 0 Å². The van der Waals surface area contributed by atoms with Gasteiger partial charge in [0.05, 0.1) is 6.61 Å². The van der Waals surface area contributed by atoms with Crippen LogP contribution in [0.5, 0.6) is 5.75 Å². The minimum atomic E-state index is 0.697. The van der Waals surface area contributed by atoms with Crippen LogP contribution in [0.2, 0.25) is 0 Å². The lowest BCUT2D eigenvalue weighted by Gasteiger charge is -2.23. The standard InChI is InChI=1S/C17H25NO/c1-2-10-18-15-9-8-14(12-15)16-7-3-5-13-6-4-11-19-17(13)16/h3,5,7,14-15,18H,2,4,6,8-12H2,1H3. The molecule has 104 valence electrons. The quantitative estimate of drug-likeness (QED) is 0.891. The molecule has 0 bridgehead atoms. The monoisotopic (exact) mass is 259 g/mol. The van der Waals surface area contributed by atoms with Crippen LogP contribution in [0.25, 0.3) is 0 Å². The Labute approximate surface area is 116 Å². The molecule has 19 heavy (non-hydrogen) atoms. The number of nitrogens with one attached hydrogen (secondary N) is 1. The molecule has 0 saturated heterocycles. The summed E-state index contributed by atoms with van der Waals surface area (Å²) >= 11 is 0. The van der Waals surface area contributed by atoms with Crippen LogP contribution >= 0.6 is 0 Å². The predicted octanol–water partition coefficient (Wildman–Crippen LogP) is 3.65. The van der Waals surface area contributed by atoms with Gasteiger partial charge in [-0.1, -0.05) is 25.1 Å². The van der Waals surface area contributed by atoms with Gasteiger partial charge in [-0.3, -0.25) is 0 Å². The Morgan fingerprint density at radius 1 is 1.32 bits per heavy atom. The van der Waals surface area contributed by atoms with Crippen molar-refractivity contribution in [2.45, 2.75) is 57.4 Å². The summed E-state index contributed by atoms with van der Waals surface area (Å²) in [7, 11) is 0. The van der Waals surface area contributed by atoms with E-state index in [9.17, 15) is 0 Å². The number of aryl methyl sites for hydroxylation is 1. The van der Waals surface area contributed by atoms with E-state index in [2.05, 4.69) is 30.4 Å². The van der Waals surface area contributed by atoms with E-state index in [-0.39, 0.29) is 0 Å². The maximum Gasteiger partial charge on any atom is 0.125 e. The van der Waals surface area contributed by atoms with Gasteiger partial charge in [0.25, 0.3) is 0 Å². The second kappa shape index (κ2) is 5.96. The first-order valence-corrected chi connectivity index (χ1v) is 7.86. The van der Waals surface area contributed by atoms with Crippen LogP contribution in [-0.2, 0) is 6.42 Å². The van der Waals surface area contributed by atoms with Gasteiger partial charge in [0, 0.05) is 6.04 Å². The average molecular weight is 259 g/mol. The number of hydrogen-bond acceptors (Lipinski definition) is 2. The van der Waals surface area contributed by atoms with E-state index < -0.39 is 0 Å². The Bertz CT molecular complexity index is 429. The molecule has 1 aromatic carbocycles. The Morgan fingerprint density at radius 3 is 3.16 bits per heavy atom. The number of fused-ring (bicyclic) bond motifs is 1. The van der Waals surface area contributed by atoms with E-state index >= 15 is 0 Å². The Hall–Kier alpha value is -1.02. The lowest BCUT2D eigenvalue weighted by molar-refractivity contribution is 0.283. The smallest absolute Gasteiger partial charge is 0.125 e. The molecule has 0 spiro atoms. The number of ether oxygens (including phenoxy) is 1. The van der Waals surface area contributed by atoms with Gasteiger partial charge >= 0.3 is 0 Å². The molecular formula is C17H25NO. The third-order valence-corrected chi connectivity index (χ3v) is 4.52. The number of para-hydroxylation sites is 1. The minimum absolute atomic E-state index is 0.697. The maximum absolute atomic E-state index is 5.96. The predicted molar refractivity (Wildman–Crippen MR) is 78.9 cm³/mol. The zero-order chi connectivity index (χ0) is 13.1. The van der Waals surface area contributed by atoms with E-state index in [1.807, 2.05) is 0 Å². The largest absolute Gasteiger partial charge is 0.493 e. The number of benzene rings is 1. The lowest BCUT2D eigenvalue weighted by Crippen LogP contribution is -2.26. The fourth-order valence-corrected chi connectivity index (χ4v) is 3.53. The van der Waals surface area contributed by atoms with Crippen LogP contribution < -0.4 is 10.1 Å². The normalized spacial score (nSPS) is 25.9. The van der Waals surface area contributed by atoms with E-state index in [4.69, 9.17) is 4.74 Å². The van der Waals surface area contributed by atoms with Gasteiger partial charge in [-0.05, 0) is 62.1 Å². The van der Waals surface area contributed by atoms with Gasteiger partial charge in [0.2, 0.25) is 0 Å². The number of hydrogen-bond donors (Lipinski definition) is 1. The third kappa shape index (κ3) is 2.79. The first-order chi connectivity index (χ1) is 9.38. The maximum atomic E-state index is 5.96. The van der Waals surface area contributed by atoms with Crippen LogP contribution in [0.3, 0.4) is 0 Å². The summed E-state index contributed by atoms with van der Waals surface area (Å²) < 4.78 is 5.96. The molecule has 1 aliphatic carbocycles. The SMILES string of the molecule is CCCNC1CCC(c2cccc3c2OCCC3)C1. The van der Waals surface area contributed by atoms with Crippen LogP contribution in [0.15, 0.2) is 18.2 Å². The molecule has 1 heterocycles. The summed E-state index contributed by atoms with van der Waals surface area (Å²) in [5.41, 5.74) is 2.90. The molecule has 1 N–H and O–H groups in total. The molecule has 1 aliphatic heterocycles. The highest BCUT2D eigenvalue weighted by Crippen LogP contribution is 2.41. The third-order valence-electron chi connectivity index (χ3n) is 4.52. The van der Waals surface area contributed by atoms with Crippen LogP contribution in [0.4, 0.5) is 0 Å². The minimum Gasteiger partial charge on any atom is -0.493 e. The molecule has 0 amide bonds. The van der Waals surface area contributed by atoms with Crippen molar-refractivity contribution in [3.05, 3.63) is 29.3 Å². The summed E-state index contributed by atoms with van der Waals surface area (Å²) in [6.07, 6.45) is 7.48. The first-order valence-electron chi connectivity index (χ1n) is 7.86. The van der Waals surface area contributed by atoms with Gasteiger partial charge in [0.1, 0.15) is 5.75 Å². The zero-order valence-corrected chi connectivity index (χ0v) is 12.0. The van der Waals surface area contributed by atoms with Crippen molar-refractivity contribution < 1.29 is 4.74 Å². The highest BCUT2D eigenvalue weighted by Gasteiger charge is 2.28. The fourth-order valence-electron chi connectivity index (χ4n) is 3.53.